The lowest BCUT2D eigenvalue weighted by Gasteiger charge is -2.07. The second kappa shape index (κ2) is 12.7. The lowest BCUT2D eigenvalue weighted by Crippen LogP contribution is -2.13. The highest BCUT2D eigenvalue weighted by Crippen LogP contribution is 2.40. The zero-order chi connectivity index (χ0) is 30.5. The molecule has 0 bridgehead atoms. The summed E-state index contributed by atoms with van der Waals surface area (Å²) >= 11 is 2.49. The summed E-state index contributed by atoms with van der Waals surface area (Å²) in [5, 5.41) is 27.1. The number of nitriles is 1. The van der Waals surface area contributed by atoms with Gasteiger partial charge in [0.1, 0.15) is 11.6 Å². The van der Waals surface area contributed by atoms with Crippen LogP contribution in [0.25, 0.3) is 16.3 Å². The van der Waals surface area contributed by atoms with Gasteiger partial charge in [0, 0.05) is 23.0 Å². The van der Waals surface area contributed by atoms with Gasteiger partial charge in [0.05, 0.1) is 20.0 Å². The molecule has 0 saturated heterocycles. The molecule has 5 rings (SSSR count). The minimum absolute atomic E-state index is 0.180. The number of nitrogens with zero attached hydrogens (tertiary/aromatic N) is 3. The predicted molar refractivity (Wildman–Crippen MR) is 169 cm³/mol. The number of aromatic nitrogens is 1. The molecule has 2 amide bonds. The first-order chi connectivity index (χ1) is 20.7. The molecule has 0 unspecified atom stereocenters. The Kier molecular flexibility index (Phi) is 8.61. The van der Waals surface area contributed by atoms with Gasteiger partial charge in [-0.15, -0.1) is 11.3 Å². The van der Waals surface area contributed by atoms with Crippen molar-refractivity contribution in [3.8, 4) is 6.07 Å². The molecule has 2 N–H and O–H groups in total. The second-order valence-corrected chi connectivity index (χ2v) is 11.8. The van der Waals surface area contributed by atoms with E-state index >= 15 is 0 Å². The van der Waals surface area contributed by atoms with Crippen LogP contribution in [0.1, 0.15) is 27.0 Å². The summed E-state index contributed by atoms with van der Waals surface area (Å²) in [5.41, 5.74) is 4.23. The summed E-state index contributed by atoms with van der Waals surface area (Å²) in [5.74, 6) is -0.827. The molecule has 4 aromatic carbocycles. The predicted octanol–water partition coefficient (Wildman–Crippen LogP) is 7.77. The van der Waals surface area contributed by atoms with Gasteiger partial charge in [-0.05, 0) is 79.1 Å². The maximum Gasteiger partial charge on any atom is 0.283 e. The molecule has 0 aliphatic carbocycles. The number of aryl methyl sites for hydroxylation is 2. The van der Waals surface area contributed by atoms with Gasteiger partial charge in [-0.1, -0.05) is 48.2 Å². The van der Waals surface area contributed by atoms with Crippen LogP contribution >= 0.6 is 23.1 Å². The highest BCUT2D eigenvalue weighted by molar-refractivity contribution is 8.01. The van der Waals surface area contributed by atoms with Crippen molar-refractivity contribution in [1.82, 2.24) is 4.98 Å². The van der Waals surface area contributed by atoms with Crippen LogP contribution in [-0.4, -0.2) is 21.7 Å². The Balaban J connectivity index is 1.35. The Labute approximate surface area is 255 Å². The number of nitro groups is 1. The van der Waals surface area contributed by atoms with Crippen molar-refractivity contribution in [3.63, 3.8) is 0 Å². The van der Waals surface area contributed by atoms with Crippen LogP contribution in [0.15, 0.2) is 99.7 Å². The normalized spacial score (nSPS) is 11.1. The first-order valence-electron chi connectivity index (χ1n) is 12.9. The van der Waals surface area contributed by atoms with Gasteiger partial charge in [-0.2, -0.15) is 5.26 Å². The van der Waals surface area contributed by atoms with Crippen molar-refractivity contribution in [1.29, 1.82) is 5.26 Å². The molecule has 0 aliphatic heterocycles. The Morgan fingerprint density at radius 1 is 0.977 bits per heavy atom. The molecular weight excluding hydrogens is 583 g/mol. The fourth-order valence-corrected chi connectivity index (χ4v) is 6.38. The second-order valence-electron chi connectivity index (χ2n) is 9.51. The minimum atomic E-state index is -0.613. The Bertz CT molecular complexity index is 1980. The van der Waals surface area contributed by atoms with E-state index in [-0.39, 0.29) is 17.2 Å². The zero-order valence-electron chi connectivity index (χ0n) is 23.0. The van der Waals surface area contributed by atoms with E-state index in [0.717, 1.165) is 27.6 Å². The average molecular weight is 606 g/mol. The summed E-state index contributed by atoms with van der Waals surface area (Å²) in [4.78, 5) is 41.8. The summed E-state index contributed by atoms with van der Waals surface area (Å²) in [6.45, 7) is 3.76. The molecule has 1 heterocycles. The van der Waals surface area contributed by atoms with Crippen molar-refractivity contribution >= 4 is 68.3 Å². The number of nitro benzene ring substituents is 1. The monoisotopic (exact) mass is 605 g/mol. The van der Waals surface area contributed by atoms with Gasteiger partial charge in [-0.3, -0.25) is 19.7 Å². The molecule has 0 aliphatic rings. The number of carbonyl (C=O) groups excluding carboxylic acids is 2. The lowest BCUT2D eigenvalue weighted by molar-refractivity contribution is -0.387. The minimum Gasteiger partial charge on any atom is -0.322 e. The number of benzene rings is 4. The highest BCUT2D eigenvalue weighted by Gasteiger charge is 2.19. The van der Waals surface area contributed by atoms with Gasteiger partial charge >= 0.3 is 0 Å². The Morgan fingerprint density at radius 3 is 2.51 bits per heavy atom. The highest BCUT2D eigenvalue weighted by atomic mass is 32.2. The summed E-state index contributed by atoms with van der Waals surface area (Å²) in [6, 6.07) is 26.2. The van der Waals surface area contributed by atoms with E-state index in [2.05, 4.69) is 15.6 Å². The number of anilines is 2. The van der Waals surface area contributed by atoms with Crippen LogP contribution in [-0.2, 0) is 4.79 Å². The largest absolute Gasteiger partial charge is 0.322 e. The Hall–Kier alpha value is -5.31. The van der Waals surface area contributed by atoms with Crippen molar-refractivity contribution < 1.29 is 14.5 Å². The van der Waals surface area contributed by atoms with Crippen molar-refractivity contribution in [2.45, 2.75) is 23.1 Å². The molecule has 11 heteroatoms. The molecule has 212 valence electrons. The fourth-order valence-electron chi connectivity index (χ4n) is 4.23. The number of carbonyl (C=O) groups is 2. The van der Waals surface area contributed by atoms with Gasteiger partial charge in [0.15, 0.2) is 4.34 Å². The molecule has 0 radical (unpaired) electrons. The van der Waals surface area contributed by atoms with Gasteiger partial charge in [0.2, 0.25) is 0 Å². The van der Waals surface area contributed by atoms with Crippen LogP contribution < -0.4 is 10.6 Å². The number of hydrogen-bond acceptors (Lipinski definition) is 8. The van der Waals surface area contributed by atoms with Gasteiger partial charge < -0.3 is 10.6 Å². The first-order valence-corrected chi connectivity index (χ1v) is 14.6. The molecule has 5 aromatic rings. The number of hydrogen-bond donors (Lipinski definition) is 2. The first kappa shape index (κ1) is 29.2. The SMILES string of the molecule is Cc1cccc(NC(=O)/C(C#N)=C/c2ccc(Sc3nc4ccc(NC(=O)c5ccccc5C)cc4s3)c([N+](=O)[O-])c2)c1. The lowest BCUT2D eigenvalue weighted by atomic mass is 10.1. The number of fused-ring (bicyclic) bond motifs is 1. The van der Waals surface area contributed by atoms with Crippen molar-refractivity contribution in [3.05, 3.63) is 123 Å². The van der Waals surface area contributed by atoms with Crippen LogP contribution in [0.4, 0.5) is 17.1 Å². The van der Waals surface area contributed by atoms with Crippen LogP contribution in [0, 0.1) is 35.3 Å². The molecule has 9 nitrogen and oxygen atoms in total. The molecule has 0 saturated carbocycles. The van der Waals surface area contributed by atoms with Crippen molar-refractivity contribution in [2.24, 2.45) is 0 Å². The average Bonchev–Trinajstić information content (AvgIpc) is 3.38. The smallest absolute Gasteiger partial charge is 0.283 e. The maximum atomic E-state index is 12.7. The van der Waals surface area contributed by atoms with Crippen LogP contribution in [0.2, 0.25) is 0 Å². The van der Waals surface area contributed by atoms with E-state index in [4.69, 9.17) is 0 Å². The third-order valence-corrected chi connectivity index (χ3v) is 8.49. The number of nitrogens with one attached hydrogen (secondary N) is 2. The van der Waals surface area contributed by atoms with Crippen LogP contribution in [0.3, 0.4) is 0 Å². The number of rotatable bonds is 8. The van der Waals surface area contributed by atoms with E-state index in [1.54, 1.807) is 48.5 Å². The van der Waals surface area contributed by atoms with E-state index < -0.39 is 10.8 Å². The molecular formula is C32H23N5O4S2. The Morgan fingerprint density at radius 2 is 1.77 bits per heavy atom. The molecule has 43 heavy (non-hydrogen) atoms. The summed E-state index contributed by atoms with van der Waals surface area (Å²) in [7, 11) is 0. The van der Waals surface area contributed by atoms with E-state index in [1.807, 2.05) is 50.2 Å². The fraction of sp³-hybridized carbons (Fsp3) is 0.0625. The van der Waals surface area contributed by atoms with E-state index in [9.17, 15) is 25.0 Å². The van der Waals surface area contributed by atoms with Crippen LogP contribution in [0.5, 0.6) is 0 Å². The molecule has 0 fully saturated rings. The maximum absolute atomic E-state index is 12.7. The third kappa shape index (κ3) is 6.95. The van der Waals surface area contributed by atoms with E-state index in [1.165, 1.54) is 23.5 Å². The van der Waals surface area contributed by atoms with E-state index in [0.29, 0.717) is 37.3 Å². The molecule has 0 spiro atoms. The third-order valence-electron chi connectivity index (χ3n) is 6.35. The van der Waals surface area contributed by atoms with Gasteiger partial charge in [0.25, 0.3) is 17.5 Å². The quantitative estimate of drug-likeness (QED) is 0.0797. The number of thiazole rings is 1. The molecule has 1 aromatic heterocycles. The zero-order valence-corrected chi connectivity index (χ0v) is 24.6. The summed E-state index contributed by atoms with van der Waals surface area (Å²) < 4.78 is 1.39. The number of amides is 2. The van der Waals surface area contributed by atoms with Crippen molar-refractivity contribution in [2.75, 3.05) is 10.6 Å². The van der Waals surface area contributed by atoms with Gasteiger partial charge in [-0.25, -0.2) is 4.98 Å². The summed E-state index contributed by atoms with van der Waals surface area (Å²) in [6.07, 6.45) is 1.32. The standard InChI is InChI=1S/C32H23N5O4S2/c1-19-6-5-8-23(14-19)34-30(38)22(18-33)15-21-10-13-28(27(16-21)37(40)41)42-32-36-26-12-11-24(17-29(26)43-32)35-31(39)25-9-4-3-7-20(25)2/h3-17H,1-2H3,(H,34,38)(H,35,39)/b22-15+. The molecule has 0 atom stereocenters. The topological polar surface area (TPSA) is 138 Å².